The minimum absolute atomic E-state index is 0.0520. The zero-order chi connectivity index (χ0) is 37.5. The number of aromatic nitrogens is 6. The summed E-state index contributed by atoms with van der Waals surface area (Å²) in [5, 5.41) is 25.1. The minimum Gasteiger partial charge on any atom is -0.378 e. The Balaban J connectivity index is 0.875. The second-order valence-corrected chi connectivity index (χ2v) is 15.1. The summed E-state index contributed by atoms with van der Waals surface area (Å²) < 4.78 is 3.88. The van der Waals surface area contributed by atoms with Crippen LogP contribution in [-0.2, 0) is 17.8 Å². The molecule has 3 aromatic carbocycles. The highest BCUT2D eigenvalue weighted by atomic mass is 32.1. The Kier molecular flexibility index (Phi) is 9.40. The molecule has 3 aromatic heterocycles. The summed E-state index contributed by atoms with van der Waals surface area (Å²) in [4.78, 5) is 33.9. The number of fused-ring (bicyclic) bond motifs is 4. The topological polar surface area (TPSA) is 135 Å². The van der Waals surface area contributed by atoms with Crippen molar-refractivity contribution in [2.75, 3.05) is 16.8 Å². The number of aliphatic imine (C=N–C) groups is 1. The minimum atomic E-state index is -0.148. The first-order valence-corrected chi connectivity index (χ1v) is 19.2. The zero-order valence-electron chi connectivity index (χ0n) is 31.0. The van der Waals surface area contributed by atoms with Crippen molar-refractivity contribution in [3.63, 3.8) is 0 Å². The largest absolute Gasteiger partial charge is 0.378 e. The van der Waals surface area contributed by atoms with Crippen LogP contribution in [0.5, 0.6) is 0 Å². The van der Waals surface area contributed by atoms with E-state index in [2.05, 4.69) is 74.7 Å². The third-order valence-corrected chi connectivity index (χ3v) is 11.5. The van der Waals surface area contributed by atoms with E-state index in [-0.39, 0.29) is 23.9 Å². The van der Waals surface area contributed by atoms with Crippen LogP contribution in [0.2, 0.25) is 0 Å². The zero-order valence-corrected chi connectivity index (χ0v) is 31.8. The highest BCUT2D eigenvalue weighted by Crippen LogP contribution is 2.39. The number of nitrogens with zero attached hydrogens (tertiary/aromatic N) is 8. The van der Waals surface area contributed by atoms with Gasteiger partial charge in [0, 0.05) is 58.4 Å². The predicted octanol–water partition coefficient (Wildman–Crippen LogP) is 6.85. The average molecular weight is 739 g/mol. The van der Waals surface area contributed by atoms with E-state index in [4.69, 9.17) is 4.99 Å². The number of thiophene rings is 1. The number of anilines is 2. The Bertz CT molecular complexity index is 2390. The summed E-state index contributed by atoms with van der Waals surface area (Å²) in [5.41, 5.74) is 9.54. The molecule has 0 radical (unpaired) electrons. The van der Waals surface area contributed by atoms with Crippen molar-refractivity contribution in [1.29, 1.82) is 0 Å². The molecule has 0 unspecified atom stereocenters. The van der Waals surface area contributed by atoms with E-state index >= 15 is 0 Å². The normalized spacial score (nSPS) is 16.2. The first-order chi connectivity index (χ1) is 26.2. The highest BCUT2D eigenvalue weighted by Gasteiger charge is 2.33. The molecule has 0 spiro atoms. The number of carbonyl (C=O) groups is 2. The van der Waals surface area contributed by atoms with Crippen molar-refractivity contribution in [1.82, 2.24) is 35.1 Å². The van der Waals surface area contributed by atoms with Gasteiger partial charge < -0.3 is 15.5 Å². The van der Waals surface area contributed by atoms with Crippen molar-refractivity contribution in [3.8, 4) is 10.7 Å². The number of hydrogen-bond acceptors (Lipinski definition) is 9. The van der Waals surface area contributed by atoms with Gasteiger partial charge in [-0.15, -0.1) is 26.6 Å². The molecular formula is C41H42N10O2S. The number of hydrogen-bond donors (Lipinski definition) is 2. The van der Waals surface area contributed by atoms with E-state index in [0.717, 1.165) is 68.2 Å². The maximum Gasteiger partial charge on any atom is 0.251 e. The molecule has 0 saturated carbocycles. The average Bonchev–Trinajstić information content (AvgIpc) is 3.85. The molecule has 274 valence electrons. The van der Waals surface area contributed by atoms with E-state index in [9.17, 15) is 9.59 Å². The van der Waals surface area contributed by atoms with Crippen LogP contribution < -0.4 is 15.5 Å². The van der Waals surface area contributed by atoms with E-state index in [0.29, 0.717) is 31.5 Å². The molecule has 6 aromatic rings. The second kappa shape index (κ2) is 14.5. The number of benzene rings is 3. The Morgan fingerprint density at radius 1 is 0.944 bits per heavy atom. The molecule has 12 nitrogen and oxygen atoms in total. The van der Waals surface area contributed by atoms with Crippen LogP contribution in [0.4, 0.5) is 11.4 Å². The lowest BCUT2D eigenvalue weighted by Gasteiger charge is -2.40. The lowest BCUT2D eigenvalue weighted by molar-refractivity contribution is -0.118. The summed E-state index contributed by atoms with van der Waals surface area (Å²) in [6.07, 6.45) is 3.70. The fourth-order valence-electron chi connectivity index (χ4n) is 7.42. The molecular weight excluding hydrogens is 697 g/mol. The molecule has 5 heterocycles. The monoisotopic (exact) mass is 738 g/mol. The Labute approximate surface area is 318 Å². The molecule has 13 heteroatoms. The summed E-state index contributed by atoms with van der Waals surface area (Å²) in [7, 11) is 0. The van der Waals surface area contributed by atoms with Gasteiger partial charge in [0.05, 0.1) is 29.3 Å². The maximum absolute atomic E-state index is 13.0. The number of aryl methyl sites for hydroxylation is 2. The summed E-state index contributed by atoms with van der Waals surface area (Å²) in [6, 6.07) is 23.9. The Morgan fingerprint density at radius 3 is 2.50 bits per heavy atom. The number of para-hydroxylation sites is 1. The van der Waals surface area contributed by atoms with Crippen LogP contribution in [0.3, 0.4) is 0 Å². The van der Waals surface area contributed by atoms with Gasteiger partial charge in [-0.2, -0.15) is 0 Å². The van der Waals surface area contributed by atoms with Crippen molar-refractivity contribution in [3.05, 3.63) is 129 Å². The van der Waals surface area contributed by atoms with E-state index in [1.54, 1.807) is 16.0 Å². The lowest BCUT2D eigenvalue weighted by atomic mass is 9.91. The van der Waals surface area contributed by atoms with Crippen LogP contribution in [0.15, 0.2) is 84.0 Å². The molecule has 2 N–H and O–H groups in total. The Morgan fingerprint density at radius 2 is 1.72 bits per heavy atom. The standard InChI is InChI=1S/C41H42N10O2S/c1-6-37(52)50-24(2)21-34(33-9-7-8-10-35(33)50)44-30-15-11-29(12-16-30)40(53)42-20-19-31-23-49(48-46-31)32-17-13-28(14-18-32)39-38-25(3)26(4)54-41(38)51-27(5)45-47-36(51)22-43-39/h7-18,23-24,34,44H,6,19-22H2,1-5H3,(H,42,53)/t24-,34+/m0/s1. The van der Waals surface area contributed by atoms with E-state index < -0.39 is 0 Å². The molecule has 2 atom stereocenters. The van der Waals surface area contributed by atoms with Gasteiger partial charge in [-0.3, -0.25) is 19.1 Å². The highest BCUT2D eigenvalue weighted by molar-refractivity contribution is 7.15. The fourth-order valence-corrected chi connectivity index (χ4v) is 8.64. The molecule has 8 rings (SSSR count). The molecule has 0 aliphatic carbocycles. The van der Waals surface area contributed by atoms with Gasteiger partial charge in [-0.1, -0.05) is 42.5 Å². The van der Waals surface area contributed by atoms with Gasteiger partial charge in [0.1, 0.15) is 17.4 Å². The first kappa shape index (κ1) is 35.1. The van der Waals surface area contributed by atoms with Gasteiger partial charge in [-0.25, -0.2) is 4.68 Å². The molecule has 2 aliphatic rings. The van der Waals surface area contributed by atoms with Crippen LogP contribution in [0, 0.1) is 20.8 Å². The van der Waals surface area contributed by atoms with Gasteiger partial charge in [0.25, 0.3) is 5.91 Å². The third kappa shape index (κ3) is 6.48. The molecule has 0 fully saturated rings. The van der Waals surface area contributed by atoms with Gasteiger partial charge >= 0.3 is 0 Å². The maximum atomic E-state index is 13.0. The van der Waals surface area contributed by atoms with Gasteiger partial charge in [-0.05, 0) is 87.7 Å². The smallest absolute Gasteiger partial charge is 0.251 e. The molecule has 2 aliphatic heterocycles. The Hall–Kier alpha value is -5.95. The number of nitrogens with one attached hydrogen (secondary N) is 2. The van der Waals surface area contributed by atoms with Crippen LogP contribution in [-0.4, -0.2) is 59.9 Å². The van der Waals surface area contributed by atoms with Crippen LogP contribution in [0.25, 0.3) is 10.7 Å². The van der Waals surface area contributed by atoms with Crippen LogP contribution >= 0.6 is 11.3 Å². The summed E-state index contributed by atoms with van der Waals surface area (Å²) in [6.45, 7) is 11.1. The van der Waals surface area contributed by atoms with Gasteiger partial charge in [0.2, 0.25) is 5.91 Å². The number of rotatable bonds is 9. The van der Waals surface area contributed by atoms with Gasteiger partial charge in [0.15, 0.2) is 5.82 Å². The predicted molar refractivity (Wildman–Crippen MR) is 211 cm³/mol. The lowest BCUT2D eigenvalue weighted by Crippen LogP contribution is -2.44. The molecule has 0 saturated heterocycles. The van der Waals surface area contributed by atoms with Crippen molar-refractivity contribution in [2.45, 2.75) is 72.5 Å². The third-order valence-electron chi connectivity index (χ3n) is 10.3. The van der Waals surface area contributed by atoms with E-state index in [1.807, 2.05) is 79.5 Å². The number of amides is 2. The van der Waals surface area contributed by atoms with Crippen LogP contribution in [0.1, 0.15) is 87.6 Å². The summed E-state index contributed by atoms with van der Waals surface area (Å²) in [5.74, 6) is 1.69. The summed E-state index contributed by atoms with van der Waals surface area (Å²) >= 11 is 1.75. The molecule has 2 amide bonds. The van der Waals surface area contributed by atoms with Crippen molar-refractivity contribution in [2.24, 2.45) is 4.99 Å². The van der Waals surface area contributed by atoms with Crippen molar-refractivity contribution < 1.29 is 9.59 Å². The molecule has 54 heavy (non-hydrogen) atoms. The molecule has 0 bridgehead atoms. The fraction of sp³-hybridized carbons (Fsp3) is 0.293. The van der Waals surface area contributed by atoms with E-state index in [1.165, 1.54) is 10.4 Å². The van der Waals surface area contributed by atoms with Crippen molar-refractivity contribution >= 4 is 40.2 Å². The quantitative estimate of drug-likeness (QED) is 0.166. The second-order valence-electron chi connectivity index (χ2n) is 13.9. The first-order valence-electron chi connectivity index (χ1n) is 18.3. The number of carbonyl (C=O) groups excluding carboxylic acids is 2. The SMILES string of the molecule is CCC(=O)N1c2ccccc2[C@H](Nc2ccc(C(=O)NCCc3cn(-c4ccc(C5=NCc6nnc(C)n6-c6sc(C)c(C)c65)cc4)nn3)cc2)C[C@@H]1C.